The summed E-state index contributed by atoms with van der Waals surface area (Å²) >= 11 is 0. The molecule has 0 bridgehead atoms. The van der Waals surface area contributed by atoms with Crippen LogP contribution in [0.4, 0.5) is 0 Å². The molecular weight excluding hydrogens is 246 g/mol. The zero-order valence-electron chi connectivity index (χ0n) is 13.9. The lowest BCUT2D eigenvalue weighted by atomic mass is 9.85. The fourth-order valence-corrected chi connectivity index (χ4v) is 2.36. The van der Waals surface area contributed by atoms with Crippen molar-refractivity contribution in [3.05, 3.63) is 29.3 Å². The van der Waals surface area contributed by atoms with Crippen molar-refractivity contribution in [3.8, 4) is 5.75 Å². The molecule has 0 aliphatic heterocycles. The molecule has 0 saturated carbocycles. The van der Waals surface area contributed by atoms with Crippen LogP contribution in [0.1, 0.15) is 51.7 Å². The highest BCUT2D eigenvalue weighted by Gasteiger charge is 2.18. The van der Waals surface area contributed by atoms with Gasteiger partial charge in [0.1, 0.15) is 5.75 Å². The van der Waals surface area contributed by atoms with Crippen LogP contribution >= 0.6 is 0 Å². The molecule has 1 aromatic rings. The second-order valence-corrected chi connectivity index (χ2v) is 6.39. The average molecular weight is 277 g/mol. The first kappa shape index (κ1) is 17.0. The lowest BCUT2D eigenvalue weighted by Gasteiger charge is -2.25. The predicted octanol–water partition coefficient (Wildman–Crippen LogP) is 4.35. The molecule has 0 unspecified atom stereocenters. The summed E-state index contributed by atoms with van der Waals surface area (Å²) in [4.78, 5) is 0. The Kier molecular flexibility index (Phi) is 7.08. The van der Waals surface area contributed by atoms with Gasteiger partial charge < -0.3 is 10.1 Å². The predicted molar refractivity (Wildman–Crippen MR) is 87.6 cm³/mol. The first-order valence-corrected chi connectivity index (χ1v) is 7.91. The molecule has 2 nitrogen and oxygen atoms in total. The van der Waals surface area contributed by atoms with E-state index in [2.05, 4.69) is 51.2 Å². The molecular formula is C18H31NO. The van der Waals surface area contributed by atoms with Crippen LogP contribution in [0.15, 0.2) is 18.2 Å². The molecule has 2 heteroatoms. The summed E-state index contributed by atoms with van der Waals surface area (Å²) in [7, 11) is 0. The van der Waals surface area contributed by atoms with Crippen molar-refractivity contribution in [1.82, 2.24) is 5.32 Å². The van der Waals surface area contributed by atoms with Crippen LogP contribution in [0, 0.1) is 12.3 Å². The third-order valence-electron chi connectivity index (χ3n) is 3.62. The molecule has 0 saturated heterocycles. The van der Waals surface area contributed by atoms with Gasteiger partial charge in [-0.15, -0.1) is 0 Å². The van der Waals surface area contributed by atoms with Crippen molar-refractivity contribution in [2.24, 2.45) is 5.41 Å². The van der Waals surface area contributed by atoms with E-state index in [0.717, 1.165) is 31.9 Å². The van der Waals surface area contributed by atoms with Gasteiger partial charge in [0, 0.05) is 6.54 Å². The topological polar surface area (TPSA) is 21.3 Å². The average Bonchev–Trinajstić information content (AvgIpc) is 2.39. The van der Waals surface area contributed by atoms with Crippen LogP contribution in [-0.4, -0.2) is 19.7 Å². The molecule has 20 heavy (non-hydrogen) atoms. The lowest BCUT2D eigenvalue weighted by Crippen LogP contribution is -2.30. The van der Waals surface area contributed by atoms with Crippen LogP contribution in [0.5, 0.6) is 5.75 Å². The highest BCUT2D eigenvalue weighted by Crippen LogP contribution is 2.27. The van der Waals surface area contributed by atoms with E-state index < -0.39 is 0 Å². The molecule has 114 valence electrons. The molecule has 0 aromatic heterocycles. The Morgan fingerprint density at radius 3 is 2.60 bits per heavy atom. The van der Waals surface area contributed by atoms with Gasteiger partial charge in [-0.1, -0.05) is 38.5 Å². The van der Waals surface area contributed by atoms with E-state index in [4.69, 9.17) is 4.74 Å². The van der Waals surface area contributed by atoms with E-state index in [-0.39, 0.29) is 0 Å². The maximum atomic E-state index is 5.74. The van der Waals surface area contributed by atoms with Gasteiger partial charge in [-0.05, 0) is 56.7 Å². The first-order valence-electron chi connectivity index (χ1n) is 7.91. The van der Waals surface area contributed by atoms with Crippen molar-refractivity contribution in [3.63, 3.8) is 0 Å². The van der Waals surface area contributed by atoms with Crippen LogP contribution in [0.3, 0.4) is 0 Å². The van der Waals surface area contributed by atoms with Gasteiger partial charge in [-0.3, -0.25) is 0 Å². The number of ether oxygens (including phenoxy) is 1. The zero-order chi connectivity index (χ0) is 15.0. The highest BCUT2D eigenvalue weighted by atomic mass is 16.5. The minimum Gasteiger partial charge on any atom is -0.494 e. The third-order valence-corrected chi connectivity index (χ3v) is 3.62. The second-order valence-electron chi connectivity index (χ2n) is 6.39. The molecule has 0 atom stereocenters. The van der Waals surface area contributed by atoms with E-state index in [1.54, 1.807) is 0 Å². The van der Waals surface area contributed by atoms with Crippen LogP contribution < -0.4 is 10.1 Å². The van der Waals surface area contributed by atoms with Crippen molar-refractivity contribution in [2.75, 3.05) is 19.7 Å². The Labute approximate surface area is 124 Å². The van der Waals surface area contributed by atoms with Gasteiger partial charge in [0.05, 0.1) is 6.61 Å². The number of hydrogen-bond acceptors (Lipinski definition) is 2. The highest BCUT2D eigenvalue weighted by molar-refractivity contribution is 5.37. The molecule has 0 heterocycles. The fourth-order valence-electron chi connectivity index (χ4n) is 2.36. The maximum Gasteiger partial charge on any atom is 0.122 e. The molecule has 0 aliphatic rings. The maximum absolute atomic E-state index is 5.74. The molecule has 0 fully saturated rings. The molecule has 1 N–H and O–H groups in total. The lowest BCUT2D eigenvalue weighted by molar-refractivity contribution is 0.307. The SMILES string of the molecule is CCCNCC(C)(C)CCc1cc(C)ccc1OCC. The fraction of sp³-hybridized carbons (Fsp3) is 0.667. The summed E-state index contributed by atoms with van der Waals surface area (Å²) in [6.07, 6.45) is 3.45. The van der Waals surface area contributed by atoms with Crippen molar-refractivity contribution in [2.45, 2.75) is 53.9 Å². The first-order chi connectivity index (χ1) is 9.48. The Bertz CT molecular complexity index is 398. The van der Waals surface area contributed by atoms with Crippen LogP contribution in [0.2, 0.25) is 0 Å². The Morgan fingerprint density at radius 2 is 1.95 bits per heavy atom. The Balaban J connectivity index is 2.61. The van der Waals surface area contributed by atoms with Gasteiger partial charge in [0.2, 0.25) is 0 Å². The van der Waals surface area contributed by atoms with Gasteiger partial charge in [0.15, 0.2) is 0 Å². The number of aryl methyl sites for hydroxylation is 2. The van der Waals surface area contributed by atoms with Gasteiger partial charge >= 0.3 is 0 Å². The zero-order valence-corrected chi connectivity index (χ0v) is 13.9. The van der Waals surface area contributed by atoms with Gasteiger partial charge in [0.25, 0.3) is 0 Å². The van der Waals surface area contributed by atoms with Crippen LogP contribution in [-0.2, 0) is 6.42 Å². The van der Waals surface area contributed by atoms with Crippen molar-refractivity contribution >= 4 is 0 Å². The summed E-state index contributed by atoms with van der Waals surface area (Å²) in [5.41, 5.74) is 2.98. The summed E-state index contributed by atoms with van der Waals surface area (Å²) in [5.74, 6) is 1.05. The van der Waals surface area contributed by atoms with Crippen molar-refractivity contribution in [1.29, 1.82) is 0 Å². The second kappa shape index (κ2) is 8.31. The molecule has 0 radical (unpaired) electrons. The van der Waals surface area contributed by atoms with E-state index in [0.29, 0.717) is 5.41 Å². The monoisotopic (exact) mass is 277 g/mol. The van der Waals surface area contributed by atoms with Crippen LogP contribution in [0.25, 0.3) is 0 Å². The summed E-state index contributed by atoms with van der Waals surface area (Å²) < 4.78 is 5.74. The third kappa shape index (κ3) is 5.96. The molecule has 0 amide bonds. The summed E-state index contributed by atoms with van der Waals surface area (Å²) in [6, 6.07) is 6.50. The molecule has 1 rings (SSSR count). The smallest absolute Gasteiger partial charge is 0.122 e. The number of rotatable bonds is 9. The van der Waals surface area contributed by atoms with E-state index >= 15 is 0 Å². The Morgan fingerprint density at radius 1 is 1.20 bits per heavy atom. The minimum absolute atomic E-state index is 0.322. The van der Waals surface area contributed by atoms with E-state index in [1.165, 1.54) is 24.0 Å². The van der Waals surface area contributed by atoms with E-state index in [1.807, 2.05) is 6.92 Å². The molecule has 0 spiro atoms. The number of nitrogens with one attached hydrogen (secondary N) is 1. The van der Waals surface area contributed by atoms with Crippen molar-refractivity contribution < 1.29 is 4.74 Å². The molecule has 0 aliphatic carbocycles. The van der Waals surface area contributed by atoms with E-state index in [9.17, 15) is 0 Å². The van der Waals surface area contributed by atoms with Gasteiger partial charge in [-0.2, -0.15) is 0 Å². The largest absolute Gasteiger partial charge is 0.494 e. The number of hydrogen-bond donors (Lipinski definition) is 1. The minimum atomic E-state index is 0.322. The summed E-state index contributed by atoms with van der Waals surface area (Å²) in [5, 5.41) is 3.53. The standard InChI is InChI=1S/C18H31NO/c1-6-12-19-14-18(4,5)11-10-16-13-15(3)8-9-17(16)20-7-2/h8-9,13,19H,6-7,10-12,14H2,1-5H3. The summed E-state index contributed by atoms with van der Waals surface area (Å²) in [6.45, 7) is 14.0. The van der Waals surface area contributed by atoms with Gasteiger partial charge in [-0.25, -0.2) is 0 Å². The quantitative estimate of drug-likeness (QED) is 0.677. The number of benzene rings is 1. The Hall–Kier alpha value is -1.02. The normalized spacial score (nSPS) is 11.7. The molecule has 1 aromatic carbocycles.